The molecule has 0 fully saturated rings. The molecule has 55 heavy (non-hydrogen) atoms. The van der Waals surface area contributed by atoms with Gasteiger partial charge in [0.15, 0.2) is 17.0 Å². The fraction of sp³-hybridized carbons (Fsp3) is 0.386. The predicted octanol–water partition coefficient (Wildman–Crippen LogP) is 11.8. The molecular weight excluding hydrogens is 776 g/mol. The van der Waals surface area contributed by atoms with Gasteiger partial charge in [0.25, 0.3) is 0 Å². The molecule has 4 rings (SSSR count). The summed E-state index contributed by atoms with van der Waals surface area (Å²) in [5, 5.41) is 1.31. The summed E-state index contributed by atoms with van der Waals surface area (Å²) in [6.45, 7) is 18.3. The standard InChI is InChI=1S/C24H31ClO3S2.C20H21ClO4/c1-7-29-24(30-8-2,18-9-13-20(25)14-10-18)19-11-15-21(16-12-19)28-23(5,6)22(26)27-17(3)4;1-13(2)24-19(23)20(3,4)25-17-11-7-15(8-12-17)18(22)14-5-9-16(21)10-6-14/h9-17H,7-8H2,1-6H3;5-13H,1-4H3. The topological polar surface area (TPSA) is 88.1 Å². The molecule has 0 saturated carbocycles. The van der Waals surface area contributed by atoms with E-state index in [0.29, 0.717) is 27.6 Å². The average molecular weight is 828 g/mol. The SMILES string of the molecule is CC(C)OC(=O)C(C)(C)Oc1ccc(C(=O)c2ccc(Cl)cc2)cc1.CCSC(SCC)(c1ccc(Cl)cc1)c1ccc(OC(C)(C)C(=O)OC(C)C)cc1. The van der Waals surface area contributed by atoms with Crippen LogP contribution in [0, 0.1) is 0 Å². The molecule has 0 amide bonds. The van der Waals surface area contributed by atoms with Gasteiger partial charge in [-0.1, -0.05) is 61.3 Å². The summed E-state index contributed by atoms with van der Waals surface area (Å²) in [5.74, 6) is 2.14. The van der Waals surface area contributed by atoms with Crippen LogP contribution < -0.4 is 9.47 Å². The van der Waals surface area contributed by atoms with E-state index < -0.39 is 17.2 Å². The Hall–Kier alpha value is -3.63. The second-order valence-electron chi connectivity index (χ2n) is 14.0. The van der Waals surface area contributed by atoms with Crippen molar-refractivity contribution in [2.75, 3.05) is 11.5 Å². The molecule has 0 aliphatic rings. The summed E-state index contributed by atoms with van der Waals surface area (Å²) < 4.78 is 22.0. The summed E-state index contributed by atoms with van der Waals surface area (Å²) >= 11 is 15.8. The number of carbonyl (C=O) groups is 3. The van der Waals surface area contributed by atoms with Crippen molar-refractivity contribution in [1.82, 2.24) is 0 Å². The van der Waals surface area contributed by atoms with Crippen molar-refractivity contribution in [3.05, 3.63) is 129 Å². The Bertz CT molecular complexity index is 1830. The first kappa shape index (κ1) is 45.8. The second-order valence-corrected chi connectivity index (χ2v) is 18.1. The predicted molar refractivity (Wildman–Crippen MR) is 228 cm³/mol. The van der Waals surface area contributed by atoms with Crippen LogP contribution in [0.5, 0.6) is 11.5 Å². The number of esters is 2. The number of thioether (sulfide) groups is 2. The van der Waals surface area contributed by atoms with Crippen LogP contribution in [-0.4, -0.2) is 52.6 Å². The summed E-state index contributed by atoms with van der Waals surface area (Å²) in [7, 11) is 0. The van der Waals surface area contributed by atoms with Crippen molar-refractivity contribution >= 4 is 64.4 Å². The Balaban J connectivity index is 0.000000300. The second kappa shape index (κ2) is 20.5. The van der Waals surface area contributed by atoms with Gasteiger partial charge >= 0.3 is 11.9 Å². The fourth-order valence-electron chi connectivity index (χ4n) is 5.19. The third kappa shape index (κ3) is 13.2. The van der Waals surface area contributed by atoms with E-state index in [1.54, 1.807) is 90.1 Å². The minimum Gasteiger partial charge on any atom is -0.476 e. The molecule has 4 aromatic rings. The van der Waals surface area contributed by atoms with Crippen LogP contribution in [0.3, 0.4) is 0 Å². The normalized spacial score (nSPS) is 11.7. The first-order chi connectivity index (χ1) is 25.8. The number of ketones is 1. The monoisotopic (exact) mass is 826 g/mol. The van der Waals surface area contributed by atoms with Crippen LogP contribution in [0.1, 0.15) is 96.3 Å². The maximum atomic E-state index is 12.4. The zero-order valence-electron chi connectivity index (χ0n) is 33.2. The maximum absolute atomic E-state index is 12.4. The highest BCUT2D eigenvalue weighted by Crippen LogP contribution is 2.52. The molecule has 7 nitrogen and oxygen atoms in total. The summed E-state index contributed by atoms with van der Waals surface area (Å²) in [5.41, 5.74) is 1.29. The zero-order chi connectivity index (χ0) is 41.0. The quantitative estimate of drug-likeness (QED) is 0.0622. The number of halogens is 2. The van der Waals surface area contributed by atoms with Crippen molar-refractivity contribution in [3.8, 4) is 11.5 Å². The highest BCUT2D eigenvalue weighted by atomic mass is 35.5. The van der Waals surface area contributed by atoms with Gasteiger partial charge in [-0.05, 0) is 151 Å². The van der Waals surface area contributed by atoms with Crippen LogP contribution in [0.4, 0.5) is 0 Å². The lowest BCUT2D eigenvalue weighted by Gasteiger charge is -2.34. The molecule has 0 N–H and O–H groups in total. The fourth-order valence-corrected chi connectivity index (χ4v) is 8.50. The van der Waals surface area contributed by atoms with Crippen LogP contribution in [0.25, 0.3) is 0 Å². The molecule has 0 aliphatic carbocycles. The molecule has 0 atom stereocenters. The van der Waals surface area contributed by atoms with Crippen molar-refractivity contribution in [2.45, 2.75) is 96.7 Å². The zero-order valence-corrected chi connectivity index (χ0v) is 36.4. The lowest BCUT2D eigenvalue weighted by Crippen LogP contribution is -2.40. The molecular formula is C44H52Cl2O7S2. The molecule has 0 unspecified atom stereocenters. The van der Waals surface area contributed by atoms with Gasteiger partial charge in [0, 0.05) is 21.2 Å². The van der Waals surface area contributed by atoms with Crippen LogP contribution >= 0.6 is 46.7 Å². The minimum absolute atomic E-state index is 0.110. The molecule has 0 spiro atoms. The number of carbonyl (C=O) groups excluding carboxylic acids is 3. The lowest BCUT2D eigenvalue weighted by atomic mass is 10.0. The molecule has 0 aliphatic heterocycles. The Labute approximate surface area is 345 Å². The van der Waals surface area contributed by atoms with E-state index in [1.807, 2.05) is 61.6 Å². The van der Waals surface area contributed by atoms with Crippen molar-refractivity contribution in [3.63, 3.8) is 0 Å². The maximum Gasteiger partial charge on any atom is 0.350 e. The van der Waals surface area contributed by atoms with Gasteiger partial charge in [0.2, 0.25) is 0 Å². The summed E-state index contributed by atoms with van der Waals surface area (Å²) in [6, 6.07) is 29.5. The number of rotatable bonds is 16. The van der Waals surface area contributed by atoms with E-state index in [4.69, 9.17) is 42.1 Å². The smallest absolute Gasteiger partial charge is 0.350 e. The largest absolute Gasteiger partial charge is 0.476 e. The number of hydrogen-bond donors (Lipinski definition) is 0. The molecule has 0 radical (unpaired) electrons. The van der Waals surface area contributed by atoms with Crippen molar-refractivity contribution in [2.24, 2.45) is 0 Å². The Morgan fingerprint density at radius 1 is 0.545 bits per heavy atom. The number of benzene rings is 4. The van der Waals surface area contributed by atoms with Gasteiger partial charge < -0.3 is 18.9 Å². The molecule has 0 heterocycles. The van der Waals surface area contributed by atoms with E-state index in [0.717, 1.165) is 16.5 Å². The van der Waals surface area contributed by atoms with E-state index in [-0.39, 0.29) is 28.0 Å². The Morgan fingerprint density at radius 2 is 0.855 bits per heavy atom. The van der Waals surface area contributed by atoms with Gasteiger partial charge in [-0.15, -0.1) is 23.5 Å². The van der Waals surface area contributed by atoms with Gasteiger partial charge in [-0.2, -0.15) is 0 Å². The van der Waals surface area contributed by atoms with E-state index in [1.165, 1.54) is 11.1 Å². The molecule has 4 aromatic carbocycles. The van der Waals surface area contributed by atoms with Gasteiger partial charge in [-0.3, -0.25) is 4.79 Å². The average Bonchev–Trinajstić information content (AvgIpc) is 3.12. The first-order valence-electron chi connectivity index (χ1n) is 18.2. The van der Waals surface area contributed by atoms with Crippen LogP contribution in [0.2, 0.25) is 10.0 Å². The van der Waals surface area contributed by atoms with E-state index >= 15 is 0 Å². The molecule has 0 saturated heterocycles. The third-order valence-corrected chi connectivity index (χ3v) is 11.3. The number of ether oxygens (including phenoxy) is 4. The van der Waals surface area contributed by atoms with E-state index in [9.17, 15) is 14.4 Å². The molecule has 0 aromatic heterocycles. The third-order valence-electron chi connectivity index (χ3n) is 7.79. The molecule has 11 heteroatoms. The van der Waals surface area contributed by atoms with Gasteiger partial charge in [0.05, 0.1) is 12.2 Å². The van der Waals surface area contributed by atoms with Crippen molar-refractivity contribution < 1.29 is 33.3 Å². The molecule has 0 bridgehead atoms. The van der Waals surface area contributed by atoms with E-state index in [2.05, 4.69) is 38.1 Å². The van der Waals surface area contributed by atoms with Crippen LogP contribution in [0.15, 0.2) is 97.1 Å². The van der Waals surface area contributed by atoms with Crippen molar-refractivity contribution in [1.29, 1.82) is 0 Å². The minimum atomic E-state index is -1.12. The number of hydrogen-bond acceptors (Lipinski definition) is 9. The highest BCUT2D eigenvalue weighted by molar-refractivity contribution is 8.17. The summed E-state index contributed by atoms with van der Waals surface area (Å²) in [6.07, 6.45) is -0.394. The lowest BCUT2D eigenvalue weighted by molar-refractivity contribution is -0.163. The Kier molecular flexibility index (Phi) is 17.1. The van der Waals surface area contributed by atoms with Crippen LogP contribution in [-0.2, 0) is 23.1 Å². The van der Waals surface area contributed by atoms with Gasteiger partial charge in [-0.25, -0.2) is 9.59 Å². The Morgan fingerprint density at radius 3 is 1.20 bits per heavy atom. The highest BCUT2D eigenvalue weighted by Gasteiger charge is 2.36. The first-order valence-corrected chi connectivity index (χ1v) is 20.9. The summed E-state index contributed by atoms with van der Waals surface area (Å²) in [4.78, 5) is 36.8. The van der Waals surface area contributed by atoms with Gasteiger partial charge in [0.1, 0.15) is 15.6 Å². The molecule has 296 valence electrons.